The summed E-state index contributed by atoms with van der Waals surface area (Å²) >= 11 is 0. The molecule has 4 aromatic rings. The maximum atomic E-state index is 12.1. The highest BCUT2D eigenvalue weighted by Gasteiger charge is 2.33. The first-order valence-electron chi connectivity index (χ1n) is 14.9. The molecule has 0 aromatic heterocycles. The first-order valence-corrected chi connectivity index (χ1v) is 14.9. The quantitative estimate of drug-likeness (QED) is 0.168. The van der Waals surface area contributed by atoms with Crippen molar-refractivity contribution < 1.29 is 29.3 Å². The van der Waals surface area contributed by atoms with Crippen molar-refractivity contribution in [3.63, 3.8) is 0 Å². The largest absolute Gasteiger partial charge is 0.481 e. The Bertz CT molecular complexity index is 1440. The third-order valence-corrected chi connectivity index (χ3v) is 7.61. The van der Waals surface area contributed by atoms with Crippen molar-refractivity contribution in [3.05, 3.63) is 137 Å². The van der Waals surface area contributed by atoms with Gasteiger partial charge in [0.05, 0.1) is 25.2 Å². The number of ether oxygens (including phenoxy) is 2. The Balaban J connectivity index is 1.35. The van der Waals surface area contributed by atoms with Crippen molar-refractivity contribution in [3.8, 4) is 0 Å². The predicted octanol–water partition coefficient (Wildman–Crippen LogP) is 6.23. The molecule has 8 heteroatoms. The van der Waals surface area contributed by atoms with Gasteiger partial charge in [0.25, 0.3) is 0 Å². The Morgan fingerprint density at radius 2 is 1.32 bits per heavy atom. The number of benzene rings is 4. The summed E-state index contributed by atoms with van der Waals surface area (Å²) < 4.78 is 13.1. The lowest BCUT2D eigenvalue weighted by Gasteiger charge is -2.38. The Hall–Kier alpha value is -4.34. The molecule has 3 N–H and O–H groups in total. The Labute approximate surface area is 257 Å². The molecule has 8 nitrogen and oxygen atoms in total. The molecule has 1 aliphatic heterocycles. The Morgan fingerprint density at radius 1 is 0.727 bits per heavy atom. The Kier molecular flexibility index (Phi) is 10.9. The lowest BCUT2D eigenvalue weighted by atomic mass is 9.99. The van der Waals surface area contributed by atoms with Crippen LogP contribution in [0.1, 0.15) is 59.5 Å². The van der Waals surface area contributed by atoms with Crippen LogP contribution in [0, 0.1) is 0 Å². The molecule has 5 rings (SSSR count). The molecular weight excluding hydrogens is 556 g/mol. The van der Waals surface area contributed by atoms with Crippen LogP contribution < -0.4 is 5.32 Å². The highest BCUT2D eigenvalue weighted by atomic mass is 16.7. The zero-order valence-corrected chi connectivity index (χ0v) is 24.5. The number of carboxylic acid groups (broad SMARTS) is 1. The van der Waals surface area contributed by atoms with Gasteiger partial charge in [0, 0.05) is 43.7 Å². The van der Waals surface area contributed by atoms with Crippen molar-refractivity contribution in [2.45, 2.75) is 57.5 Å². The van der Waals surface area contributed by atoms with E-state index in [0.717, 1.165) is 29.8 Å². The van der Waals surface area contributed by atoms with Crippen LogP contribution in [0.2, 0.25) is 0 Å². The van der Waals surface area contributed by atoms with Crippen LogP contribution in [0.4, 0.5) is 5.69 Å². The number of aliphatic hydroxyl groups is 1. The summed E-state index contributed by atoms with van der Waals surface area (Å²) in [5.41, 5.74) is 5.69. The van der Waals surface area contributed by atoms with E-state index in [0.29, 0.717) is 18.7 Å². The van der Waals surface area contributed by atoms with Gasteiger partial charge in [-0.2, -0.15) is 0 Å². The standard InChI is InChI=1S/C36H38N2O6/c39-25-28-11-13-29(14-12-28)33-21-32(24-38(22-26-7-3-1-4-8-26)23-27-9-5-2-6-10-27)43-36(44-33)30-15-17-31(18-16-30)37-34(40)19-20-35(41)42/h1-18,32-33,36,39H,19-25H2,(H,37,40)(H,41,42)/t32-,33+,36+/m1/s1. The molecule has 0 unspecified atom stereocenters. The number of hydrogen-bond donors (Lipinski definition) is 3. The average Bonchev–Trinajstić information content (AvgIpc) is 3.05. The average molecular weight is 595 g/mol. The summed E-state index contributed by atoms with van der Waals surface area (Å²) in [5.74, 6) is -1.36. The molecule has 228 valence electrons. The molecule has 44 heavy (non-hydrogen) atoms. The van der Waals surface area contributed by atoms with Gasteiger partial charge in [0.2, 0.25) is 5.91 Å². The van der Waals surface area contributed by atoms with Gasteiger partial charge in [0.15, 0.2) is 6.29 Å². The van der Waals surface area contributed by atoms with Gasteiger partial charge in [-0.25, -0.2) is 0 Å². The molecule has 0 bridgehead atoms. The van der Waals surface area contributed by atoms with E-state index < -0.39 is 12.3 Å². The summed E-state index contributed by atoms with van der Waals surface area (Å²) in [6.45, 7) is 2.21. The first kappa shape index (κ1) is 31.1. The minimum absolute atomic E-state index is 0.0205. The zero-order chi connectivity index (χ0) is 30.7. The van der Waals surface area contributed by atoms with E-state index in [4.69, 9.17) is 14.6 Å². The van der Waals surface area contributed by atoms with E-state index in [1.165, 1.54) is 11.1 Å². The SMILES string of the molecule is O=C(O)CCC(=O)Nc1ccc([C@H]2O[C@@H](CN(Cc3ccccc3)Cc3ccccc3)C[C@@H](c3ccc(CO)cc3)O2)cc1. The minimum Gasteiger partial charge on any atom is -0.481 e. The molecule has 0 radical (unpaired) electrons. The van der Waals surface area contributed by atoms with Gasteiger partial charge in [0.1, 0.15) is 0 Å². The molecule has 0 aliphatic carbocycles. The van der Waals surface area contributed by atoms with Gasteiger partial charge in [-0.1, -0.05) is 97.1 Å². The van der Waals surface area contributed by atoms with Crippen molar-refractivity contribution in [1.82, 2.24) is 4.90 Å². The highest BCUT2D eigenvalue weighted by Crippen LogP contribution is 2.38. The smallest absolute Gasteiger partial charge is 0.303 e. The van der Waals surface area contributed by atoms with Gasteiger partial charge < -0.3 is 25.0 Å². The number of hydrogen-bond acceptors (Lipinski definition) is 6. The van der Waals surface area contributed by atoms with E-state index in [2.05, 4.69) is 58.7 Å². The van der Waals surface area contributed by atoms with Crippen LogP contribution in [0.25, 0.3) is 0 Å². The molecule has 1 aliphatic rings. The molecule has 1 saturated heterocycles. The van der Waals surface area contributed by atoms with E-state index in [9.17, 15) is 14.7 Å². The second-order valence-electron chi connectivity index (χ2n) is 11.1. The van der Waals surface area contributed by atoms with Gasteiger partial charge in [-0.3, -0.25) is 14.5 Å². The predicted molar refractivity (Wildman–Crippen MR) is 167 cm³/mol. The summed E-state index contributed by atoms with van der Waals surface area (Å²) in [5, 5.41) is 21.1. The minimum atomic E-state index is -1.01. The third kappa shape index (κ3) is 9.08. The molecule has 0 spiro atoms. The van der Waals surface area contributed by atoms with Crippen molar-refractivity contribution >= 4 is 17.6 Å². The molecule has 1 fully saturated rings. The monoisotopic (exact) mass is 594 g/mol. The number of nitrogens with one attached hydrogen (secondary N) is 1. The number of carbonyl (C=O) groups is 2. The molecule has 1 heterocycles. The molecule has 4 aromatic carbocycles. The number of amides is 1. The van der Waals surface area contributed by atoms with Gasteiger partial charge in [-0.15, -0.1) is 0 Å². The zero-order valence-electron chi connectivity index (χ0n) is 24.5. The molecular formula is C36H38N2O6. The summed E-state index contributed by atoms with van der Waals surface area (Å²) in [6, 6.07) is 35.9. The van der Waals surface area contributed by atoms with Crippen molar-refractivity contribution in [2.24, 2.45) is 0 Å². The fraction of sp³-hybridized carbons (Fsp3) is 0.278. The fourth-order valence-corrected chi connectivity index (χ4v) is 5.36. The first-order chi connectivity index (χ1) is 21.4. The van der Waals surface area contributed by atoms with E-state index >= 15 is 0 Å². The normalized spacial score (nSPS) is 18.2. The topological polar surface area (TPSA) is 108 Å². The second kappa shape index (κ2) is 15.4. The third-order valence-electron chi connectivity index (χ3n) is 7.61. The number of aliphatic carboxylic acids is 1. The van der Waals surface area contributed by atoms with Gasteiger partial charge in [-0.05, 0) is 34.4 Å². The molecule has 1 amide bonds. The van der Waals surface area contributed by atoms with E-state index in [-0.39, 0.29) is 37.6 Å². The molecule has 0 saturated carbocycles. The maximum Gasteiger partial charge on any atom is 0.303 e. The van der Waals surface area contributed by atoms with Crippen LogP contribution in [-0.2, 0) is 38.8 Å². The molecule has 3 atom stereocenters. The summed E-state index contributed by atoms with van der Waals surface area (Å²) in [4.78, 5) is 25.3. The van der Waals surface area contributed by atoms with Crippen molar-refractivity contribution in [1.29, 1.82) is 0 Å². The van der Waals surface area contributed by atoms with Crippen LogP contribution in [0.15, 0.2) is 109 Å². The summed E-state index contributed by atoms with van der Waals surface area (Å²) in [6.07, 6.45) is -0.652. The maximum absolute atomic E-state index is 12.1. The van der Waals surface area contributed by atoms with Gasteiger partial charge >= 0.3 is 5.97 Å². The lowest BCUT2D eigenvalue weighted by molar-refractivity contribution is -0.253. The fourth-order valence-electron chi connectivity index (χ4n) is 5.36. The second-order valence-corrected chi connectivity index (χ2v) is 11.1. The van der Waals surface area contributed by atoms with Crippen LogP contribution >= 0.6 is 0 Å². The number of aliphatic hydroxyl groups excluding tert-OH is 1. The number of carbonyl (C=O) groups excluding carboxylic acids is 1. The van der Waals surface area contributed by atoms with E-state index in [1.54, 1.807) is 12.1 Å². The number of carboxylic acids is 1. The number of anilines is 1. The lowest BCUT2D eigenvalue weighted by Crippen LogP contribution is -2.39. The number of rotatable bonds is 13. The van der Waals surface area contributed by atoms with Crippen molar-refractivity contribution in [2.75, 3.05) is 11.9 Å². The van der Waals surface area contributed by atoms with Crippen LogP contribution in [-0.4, -0.2) is 39.6 Å². The highest BCUT2D eigenvalue weighted by molar-refractivity contribution is 5.92. The van der Waals surface area contributed by atoms with Crippen LogP contribution in [0.3, 0.4) is 0 Å². The van der Waals surface area contributed by atoms with Crippen LogP contribution in [0.5, 0.6) is 0 Å². The number of nitrogens with zero attached hydrogens (tertiary/aromatic N) is 1. The Morgan fingerprint density at radius 3 is 1.89 bits per heavy atom. The van der Waals surface area contributed by atoms with E-state index in [1.807, 2.05) is 48.5 Å². The summed E-state index contributed by atoms with van der Waals surface area (Å²) in [7, 11) is 0.